The van der Waals surface area contributed by atoms with Crippen molar-refractivity contribution in [2.24, 2.45) is 4.99 Å². The third kappa shape index (κ3) is 6.08. The third-order valence-corrected chi connectivity index (χ3v) is 3.93. The van der Waals surface area contributed by atoms with Crippen molar-refractivity contribution in [3.63, 3.8) is 0 Å². The smallest absolute Gasteiger partial charge is 0.191 e. The molecule has 1 atom stereocenters. The van der Waals surface area contributed by atoms with Crippen LogP contribution >= 0.6 is 0 Å². The van der Waals surface area contributed by atoms with Crippen LogP contribution in [0.15, 0.2) is 29.3 Å². The van der Waals surface area contributed by atoms with Crippen LogP contribution in [0.1, 0.15) is 5.56 Å². The number of benzene rings is 1. The van der Waals surface area contributed by atoms with Gasteiger partial charge in [0, 0.05) is 33.2 Å². The third-order valence-electron chi connectivity index (χ3n) is 3.93. The van der Waals surface area contributed by atoms with E-state index in [0.717, 1.165) is 50.9 Å². The number of morpholine rings is 1. The summed E-state index contributed by atoms with van der Waals surface area (Å²) in [6, 6.07) is 8.14. The summed E-state index contributed by atoms with van der Waals surface area (Å²) >= 11 is 0. The Hall–Kier alpha value is -1.79. The van der Waals surface area contributed by atoms with Crippen molar-refractivity contribution in [3.05, 3.63) is 29.8 Å². The quantitative estimate of drug-likeness (QED) is 0.598. The summed E-state index contributed by atoms with van der Waals surface area (Å²) in [6.45, 7) is 4.36. The van der Waals surface area contributed by atoms with Gasteiger partial charge in [-0.05, 0) is 31.2 Å². The van der Waals surface area contributed by atoms with Crippen molar-refractivity contribution in [1.82, 2.24) is 15.5 Å². The van der Waals surface area contributed by atoms with E-state index in [-0.39, 0.29) is 6.10 Å². The van der Waals surface area contributed by atoms with Gasteiger partial charge in [-0.15, -0.1) is 0 Å². The fourth-order valence-corrected chi connectivity index (χ4v) is 2.54. The molecule has 1 aromatic carbocycles. The topological polar surface area (TPSA) is 58.1 Å². The Morgan fingerprint density at radius 1 is 1.35 bits per heavy atom. The SMILES string of the molecule is CN=C(NCCc1ccc(OC)cc1)NCC1CN(C)CCO1. The van der Waals surface area contributed by atoms with Gasteiger partial charge in [-0.1, -0.05) is 12.1 Å². The van der Waals surface area contributed by atoms with Crippen LogP contribution in [0.25, 0.3) is 0 Å². The van der Waals surface area contributed by atoms with E-state index in [1.54, 1.807) is 14.2 Å². The van der Waals surface area contributed by atoms with E-state index >= 15 is 0 Å². The summed E-state index contributed by atoms with van der Waals surface area (Å²) in [4.78, 5) is 6.54. The lowest BCUT2D eigenvalue weighted by Crippen LogP contribution is -2.48. The van der Waals surface area contributed by atoms with Crippen LogP contribution < -0.4 is 15.4 Å². The summed E-state index contributed by atoms with van der Waals surface area (Å²) in [6.07, 6.45) is 1.15. The van der Waals surface area contributed by atoms with Gasteiger partial charge in [0.2, 0.25) is 0 Å². The predicted molar refractivity (Wildman–Crippen MR) is 93.3 cm³/mol. The maximum atomic E-state index is 5.74. The second-order valence-corrected chi connectivity index (χ2v) is 5.73. The first-order valence-corrected chi connectivity index (χ1v) is 8.09. The summed E-state index contributed by atoms with van der Waals surface area (Å²) in [5.74, 6) is 1.70. The lowest BCUT2D eigenvalue weighted by Gasteiger charge is -2.30. The second kappa shape index (κ2) is 9.37. The van der Waals surface area contributed by atoms with Gasteiger partial charge in [-0.25, -0.2) is 0 Å². The molecule has 1 aliphatic rings. The minimum atomic E-state index is 0.217. The summed E-state index contributed by atoms with van der Waals surface area (Å²) in [5, 5.41) is 6.67. The largest absolute Gasteiger partial charge is 0.497 e. The molecule has 1 aliphatic heterocycles. The van der Waals surface area contributed by atoms with Crippen LogP contribution in [0, 0.1) is 0 Å². The zero-order valence-electron chi connectivity index (χ0n) is 14.3. The van der Waals surface area contributed by atoms with Gasteiger partial charge in [-0.3, -0.25) is 4.99 Å². The fourth-order valence-electron chi connectivity index (χ4n) is 2.54. The molecular weight excluding hydrogens is 292 g/mol. The highest BCUT2D eigenvalue weighted by molar-refractivity contribution is 5.79. The van der Waals surface area contributed by atoms with Crippen molar-refractivity contribution in [2.75, 3.05) is 54.0 Å². The highest BCUT2D eigenvalue weighted by Gasteiger charge is 2.17. The molecule has 1 saturated heterocycles. The number of guanidine groups is 1. The van der Waals surface area contributed by atoms with Crippen LogP contribution in [-0.2, 0) is 11.2 Å². The molecule has 2 N–H and O–H groups in total. The first-order chi connectivity index (χ1) is 11.2. The Balaban J connectivity index is 1.68. The monoisotopic (exact) mass is 320 g/mol. The molecule has 0 radical (unpaired) electrons. The Labute approximate surface area is 138 Å². The van der Waals surface area contributed by atoms with E-state index in [2.05, 4.69) is 39.7 Å². The normalized spacial score (nSPS) is 19.4. The van der Waals surface area contributed by atoms with Crippen LogP contribution in [0.5, 0.6) is 5.75 Å². The highest BCUT2D eigenvalue weighted by atomic mass is 16.5. The van der Waals surface area contributed by atoms with E-state index in [1.165, 1.54) is 5.56 Å². The molecule has 1 unspecified atom stereocenters. The number of nitrogens with one attached hydrogen (secondary N) is 2. The number of hydrogen-bond acceptors (Lipinski definition) is 4. The molecule has 1 fully saturated rings. The minimum absolute atomic E-state index is 0.217. The molecule has 0 aliphatic carbocycles. The molecule has 0 aromatic heterocycles. The van der Waals surface area contributed by atoms with Gasteiger partial charge in [0.05, 0.1) is 19.8 Å². The molecule has 6 nitrogen and oxygen atoms in total. The molecular formula is C17H28N4O2. The number of likely N-dealkylation sites (N-methyl/N-ethyl adjacent to an activating group) is 1. The van der Waals surface area contributed by atoms with Gasteiger partial charge in [0.25, 0.3) is 0 Å². The number of hydrogen-bond donors (Lipinski definition) is 2. The van der Waals surface area contributed by atoms with Gasteiger partial charge < -0.3 is 25.0 Å². The maximum Gasteiger partial charge on any atom is 0.191 e. The molecule has 23 heavy (non-hydrogen) atoms. The minimum Gasteiger partial charge on any atom is -0.497 e. The van der Waals surface area contributed by atoms with E-state index in [0.29, 0.717) is 0 Å². The van der Waals surface area contributed by atoms with Crippen molar-refractivity contribution in [3.8, 4) is 5.75 Å². The van der Waals surface area contributed by atoms with E-state index in [4.69, 9.17) is 9.47 Å². The van der Waals surface area contributed by atoms with Crippen molar-refractivity contribution >= 4 is 5.96 Å². The Kier molecular flexibility index (Phi) is 7.16. The molecule has 1 aromatic rings. The zero-order chi connectivity index (χ0) is 16.5. The van der Waals surface area contributed by atoms with Crippen LogP contribution in [0.3, 0.4) is 0 Å². The van der Waals surface area contributed by atoms with Gasteiger partial charge in [-0.2, -0.15) is 0 Å². The Bertz CT molecular complexity index is 490. The second-order valence-electron chi connectivity index (χ2n) is 5.73. The lowest BCUT2D eigenvalue weighted by molar-refractivity contribution is -0.0161. The van der Waals surface area contributed by atoms with E-state index in [1.807, 2.05) is 12.1 Å². The first kappa shape index (κ1) is 17.6. The zero-order valence-corrected chi connectivity index (χ0v) is 14.3. The standard InChI is InChI=1S/C17H28N4O2/c1-18-17(20-12-16-13-21(2)10-11-23-16)19-9-8-14-4-6-15(22-3)7-5-14/h4-7,16H,8-13H2,1-3H3,(H2,18,19,20). The van der Waals surface area contributed by atoms with Crippen molar-refractivity contribution in [2.45, 2.75) is 12.5 Å². The number of methoxy groups -OCH3 is 1. The fraction of sp³-hybridized carbons (Fsp3) is 0.588. The maximum absolute atomic E-state index is 5.74. The first-order valence-electron chi connectivity index (χ1n) is 8.09. The highest BCUT2D eigenvalue weighted by Crippen LogP contribution is 2.11. The lowest BCUT2D eigenvalue weighted by atomic mass is 10.1. The van der Waals surface area contributed by atoms with E-state index in [9.17, 15) is 0 Å². The molecule has 1 heterocycles. The van der Waals surface area contributed by atoms with Gasteiger partial charge in [0.15, 0.2) is 5.96 Å². The number of nitrogens with zero attached hydrogens (tertiary/aromatic N) is 2. The number of ether oxygens (including phenoxy) is 2. The Morgan fingerprint density at radius 2 is 2.13 bits per heavy atom. The molecule has 0 saturated carbocycles. The molecule has 128 valence electrons. The average molecular weight is 320 g/mol. The van der Waals surface area contributed by atoms with E-state index < -0.39 is 0 Å². The molecule has 0 spiro atoms. The molecule has 0 bridgehead atoms. The summed E-state index contributed by atoms with van der Waals surface area (Å²) in [7, 11) is 5.59. The average Bonchev–Trinajstić information content (AvgIpc) is 2.58. The number of rotatable bonds is 6. The van der Waals surface area contributed by atoms with Crippen molar-refractivity contribution in [1.29, 1.82) is 0 Å². The van der Waals surface area contributed by atoms with Crippen LogP contribution in [-0.4, -0.2) is 71.0 Å². The van der Waals surface area contributed by atoms with Gasteiger partial charge >= 0.3 is 0 Å². The summed E-state index contributed by atoms with van der Waals surface area (Å²) in [5.41, 5.74) is 1.27. The van der Waals surface area contributed by atoms with Crippen LogP contribution in [0.2, 0.25) is 0 Å². The molecule has 6 heteroatoms. The number of aliphatic imine (C=N–C) groups is 1. The van der Waals surface area contributed by atoms with Gasteiger partial charge in [0.1, 0.15) is 5.75 Å². The van der Waals surface area contributed by atoms with Crippen molar-refractivity contribution < 1.29 is 9.47 Å². The summed E-state index contributed by atoms with van der Waals surface area (Å²) < 4.78 is 10.9. The molecule has 2 rings (SSSR count). The molecule has 0 amide bonds. The Morgan fingerprint density at radius 3 is 2.78 bits per heavy atom. The van der Waals surface area contributed by atoms with Crippen LogP contribution in [0.4, 0.5) is 0 Å². The predicted octanol–water partition coefficient (Wildman–Crippen LogP) is 0.733.